The van der Waals surface area contributed by atoms with Crippen LogP contribution in [0.2, 0.25) is 0 Å². The Morgan fingerprint density at radius 2 is 2.05 bits per heavy atom. The molecule has 2 amide bonds. The normalized spacial score (nSPS) is 10.6. The number of urea groups is 1. The van der Waals surface area contributed by atoms with Crippen LogP contribution in [0.5, 0.6) is 0 Å². The number of benzene rings is 1. The Kier molecular flexibility index (Phi) is 4.87. The van der Waals surface area contributed by atoms with Gasteiger partial charge in [0, 0.05) is 5.54 Å². The largest absolute Gasteiger partial charge is 0.480 e. The first-order valence-electron chi connectivity index (χ1n) is 6.15. The fourth-order valence-corrected chi connectivity index (χ4v) is 1.65. The first kappa shape index (κ1) is 16.4. The topological polar surface area (TPSA) is 93.4 Å². The Bertz CT molecular complexity index is 602. The smallest absolute Gasteiger partial charge is 0.323 e. The van der Waals surface area contributed by atoms with Gasteiger partial charge in [-0.05, 0) is 39.0 Å². The number of anilines is 1. The van der Waals surface area contributed by atoms with Crippen molar-refractivity contribution >= 4 is 17.7 Å². The lowest BCUT2D eigenvalue weighted by Crippen LogP contribution is -2.50. The van der Waals surface area contributed by atoms with Gasteiger partial charge in [-0.2, -0.15) is 5.26 Å². The van der Waals surface area contributed by atoms with Crippen molar-refractivity contribution in [2.24, 2.45) is 0 Å². The number of halogens is 1. The van der Waals surface area contributed by atoms with Gasteiger partial charge in [-0.25, -0.2) is 9.18 Å². The molecule has 0 atom stereocenters. The van der Waals surface area contributed by atoms with Crippen LogP contribution in [-0.4, -0.2) is 34.1 Å². The molecular formula is C14H16FN3O3. The van der Waals surface area contributed by atoms with E-state index in [9.17, 15) is 14.0 Å². The first-order valence-corrected chi connectivity index (χ1v) is 6.15. The Balaban J connectivity index is 3.03. The molecule has 0 spiro atoms. The molecule has 0 bridgehead atoms. The quantitative estimate of drug-likeness (QED) is 0.895. The van der Waals surface area contributed by atoms with Crippen molar-refractivity contribution in [3.05, 3.63) is 29.6 Å². The van der Waals surface area contributed by atoms with Crippen molar-refractivity contribution in [3.63, 3.8) is 0 Å². The van der Waals surface area contributed by atoms with Crippen molar-refractivity contribution in [3.8, 4) is 6.07 Å². The zero-order valence-corrected chi connectivity index (χ0v) is 12.0. The third-order valence-electron chi connectivity index (χ3n) is 2.69. The number of amides is 2. The fraction of sp³-hybridized carbons (Fsp3) is 0.357. The van der Waals surface area contributed by atoms with E-state index in [1.54, 1.807) is 26.8 Å². The minimum absolute atomic E-state index is 0.0347. The highest BCUT2D eigenvalue weighted by molar-refractivity contribution is 5.93. The Morgan fingerprint density at radius 3 is 2.52 bits per heavy atom. The SMILES string of the molecule is CC(C)(C)N(CC(=O)O)C(=O)Nc1ccc(F)cc1C#N. The molecule has 0 aliphatic heterocycles. The van der Waals surface area contributed by atoms with Crippen molar-refractivity contribution < 1.29 is 19.1 Å². The summed E-state index contributed by atoms with van der Waals surface area (Å²) in [5, 5.41) is 20.2. The predicted molar refractivity (Wildman–Crippen MR) is 74.2 cm³/mol. The zero-order chi connectivity index (χ0) is 16.2. The molecule has 1 aromatic rings. The summed E-state index contributed by atoms with van der Waals surface area (Å²) in [5.74, 6) is -1.75. The maximum absolute atomic E-state index is 13.0. The van der Waals surface area contributed by atoms with Crippen molar-refractivity contribution in [2.45, 2.75) is 26.3 Å². The van der Waals surface area contributed by atoms with Gasteiger partial charge < -0.3 is 15.3 Å². The number of nitrogens with zero attached hydrogens (tertiary/aromatic N) is 2. The Hall–Kier alpha value is -2.62. The molecule has 0 saturated heterocycles. The summed E-state index contributed by atoms with van der Waals surface area (Å²) in [6.45, 7) is 4.57. The summed E-state index contributed by atoms with van der Waals surface area (Å²) < 4.78 is 13.0. The van der Waals surface area contributed by atoms with E-state index in [0.717, 1.165) is 17.0 Å². The molecule has 1 rings (SSSR count). The third kappa shape index (κ3) is 4.45. The van der Waals surface area contributed by atoms with E-state index in [1.807, 2.05) is 0 Å². The molecule has 0 aromatic heterocycles. The van der Waals surface area contributed by atoms with Gasteiger partial charge in [-0.1, -0.05) is 0 Å². The van der Waals surface area contributed by atoms with Gasteiger partial charge in [0.25, 0.3) is 0 Å². The number of carbonyl (C=O) groups excluding carboxylic acids is 1. The maximum Gasteiger partial charge on any atom is 0.323 e. The molecule has 1 aromatic carbocycles. The van der Waals surface area contributed by atoms with E-state index >= 15 is 0 Å². The van der Waals surface area contributed by atoms with Crippen LogP contribution < -0.4 is 5.32 Å². The number of aliphatic carboxylic acids is 1. The summed E-state index contributed by atoms with van der Waals surface area (Å²) in [6.07, 6.45) is 0. The van der Waals surface area contributed by atoms with Gasteiger partial charge in [-0.15, -0.1) is 0 Å². The van der Waals surface area contributed by atoms with Crippen LogP contribution >= 0.6 is 0 Å². The lowest BCUT2D eigenvalue weighted by molar-refractivity contribution is -0.138. The second-order valence-corrected chi connectivity index (χ2v) is 5.38. The number of hydrogen-bond donors (Lipinski definition) is 2. The van der Waals surface area contributed by atoms with Crippen molar-refractivity contribution in [2.75, 3.05) is 11.9 Å². The second kappa shape index (κ2) is 6.22. The second-order valence-electron chi connectivity index (χ2n) is 5.38. The molecule has 0 fully saturated rings. The number of hydrogen-bond acceptors (Lipinski definition) is 3. The first-order chi connectivity index (χ1) is 9.65. The van der Waals surface area contributed by atoms with E-state index in [-0.39, 0.29) is 11.3 Å². The highest BCUT2D eigenvalue weighted by Gasteiger charge is 2.28. The summed E-state index contributed by atoms with van der Waals surface area (Å²) in [7, 11) is 0. The van der Waals surface area contributed by atoms with Crippen LogP contribution in [0.25, 0.3) is 0 Å². The molecule has 0 heterocycles. The zero-order valence-electron chi connectivity index (χ0n) is 12.0. The summed E-state index contributed by atoms with van der Waals surface area (Å²) in [4.78, 5) is 24.2. The van der Waals surface area contributed by atoms with Gasteiger partial charge in [0.1, 0.15) is 18.4 Å². The van der Waals surface area contributed by atoms with Gasteiger partial charge in [-0.3, -0.25) is 4.79 Å². The van der Waals surface area contributed by atoms with Crippen LogP contribution in [0, 0.1) is 17.1 Å². The standard InChI is InChI=1S/C14H16FN3O3/c1-14(2,3)18(8-12(19)20)13(21)17-11-5-4-10(15)6-9(11)7-16/h4-6H,8H2,1-3H3,(H,17,21)(H,19,20). The maximum atomic E-state index is 13.0. The molecule has 2 N–H and O–H groups in total. The molecular weight excluding hydrogens is 277 g/mol. The van der Waals surface area contributed by atoms with Crippen LogP contribution in [0.4, 0.5) is 14.9 Å². The van der Waals surface area contributed by atoms with Crippen LogP contribution in [0.3, 0.4) is 0 Å². The molecule has 6 nitrogen and oxygen atoms in total. The highest BCUT2D eigenvalue weighted by atomic mass is 19.1. The number of rotatable bonds is 3. The van der Waals surface area contributed by atoms with E-state index in [0.29, 0.717) is 0 Å². The number of carboxylic acids is 1. The van der Waals surface area contributed by atoms with E-state index < -0.39 is 29.9 Å². The molecule has 21 heavy (non-hydrogen) atoms. The number of nitriles is 1. The Morgan fingerprint density at radius 1 is 1.43 bits per heavy atom. The van der Waals surface area contributed by atoms with E-state index in [1.165, 1.54) is 6.07 Å². The lowest BCUT2D eigenvalue weighted by Gasteiger charge is -2.34. The van der Waals surface area contributed by atoms with E-state index in [2.05, 4.69) is 5.32 Å². The van der Waals surface area contributed by atoms with Gasteiger partial charge in [0.2, 0.25) is 0 Å². The van der Waals surface area contributed by atoms with E-state index in [4.69, 9.17) is 10.4 Å². The molecule has 0 saturated carbocycles. The predicted octanol–water partition coefficient (Wildman–Crippen LogP) is 2.41. The summed E-state index contributed by atoms with van der Waals surface area (Å²) in [6, 6.07) is 4.46. The van der Waals surface area contributed by atoms with Gasteiger partial charge >= 0.3 is 12.0 Å². The van der Waals surface area contributed by atoms with Crippen LogP contribution in [-0.2, 0) is 4.79 Å². The fourth-order valence-electron chi connectivity index (χ4n) is 1.65. The van der Waals surface area contributed by atoms with Crippen LogP contribution in [0.15, 0.2) is 18.2 Å². The molecule has 0 radical (unpaired) electrons. The molecule has 0 aliphatic rings. The molecule has 112 valence electrons. The Labute approximate surface area is 121 Å². The summed E-state index contributed by atoms with van der Waals surface area (Å²) >= 11 is 0. The summed E-state index contributed by atoms with van der Waals surface area (Å²) in [5.41, 5.74) is -0.633. The molecule has 0 aliphatic carbocycles. The molecule has 0 unspecified atom stereocenters. The van der Waals surface area contributed by atoms with Crippen molar-refractivity contribution in [1.82, 2.24) is 4.90 Å². The average Bonchev–Trinajstić information content (AvgIpc) is 2.36. The van der Waals surface area contributed by atoms with Gasteiger partial charge in [0.05, 0.1) is 11.3 Å². The highest BCUT2D eigenvalue weighted by Crippen LogP contribution is 2.19. The van der Waals surface area contributed by atoms with Crippen molar-refractivity contribution in [1.29, 1.82) is 5.26 Å². The third-order valence-corrected chi connectivity index (χ3v) is 2.69. The van der Waals surface area contributed by atoms with Gasteiger partial charge in [0.15, 0.2) is 0 Å². The minimum atomic E-state index is -1.15. The number of carbonyl (C=O) groups is 2. The number of nitrogens with one attached hydrogen (secondary N) is 1. The molecule has 7 heteroatoms. The van der Waals surface area contributed by atoms with Crippen LogP contribution in [0.1, 0.15) is 26.3 Å². The average molecular weight is 293 g/mol. The lowest BCUT2D eigenvalue weighted by atomic mass is 10.1. The monoisotopic (exact) mass is 293 g/mol. The minimum Gasteiger partial charge on any atom is -0.480 e. The number of carboxylic acid groups (broad SMARTS) is 1.